The quantitative estimate of drug-likeness (QED) is 0.313. The van der Waals surface area contributed by atoms with Crippen molar-refractivity contribution >= 4 is 17.8 Å². The number of ether oxygens (including phenoxy) is 1. The Labute approximate surface area is 224 Å². The molecule has 5 aliphatic rings. The first-order valence-electron chi connectivity index (χ1n) is 14.5. The van der Waals surface area contributed by atoms with E-state index in [4.69, 9.17) is 9.84 Å². The molecule has 1 aliphatic heterocycles. The molecule has 0 aromatic heterocycles. The predicted molar refractivity (Wildman–Crippen MR) is 138 cm³/mol. The summed E-state index contributed by atoms with van der Waals surface area (Å²) in [4.78, 5) is 36.1. The lowest BCUT2D eigenvalue weighted by Crippen LogP contribution is -2.67. The van der Waals surface area contributed by atoms with Gasteiger partial charge in [-0.05, 0) is 86.0 Å². The van der Waals surface area contributed by atoms with Crippen LogP contribution in [0.5, 0.6) is 0 Å². The van der Waals surface area contributed by atoms with Gasteiger partial charge in [0.05, 0.1) is 18.3 Å². The predicted octanol–water partition coefficient (Wildman–Crippen LogP) is 1.59. The van der Waals surface area contributed by atoms with Crippen LogP contribution in [0.25, 0.3) is 0 Å². The lowest BCUT2D eigenvalue weighted by molar-refractivity contribution is -0.243. The normalized spacial score (nSPS) is 43.8. The highest BCUT2D eigenvalue weighted by Gasteiger charge is 2.70. The molecule has 0 spiro atoms. The molecule has 5 rings (SSSR count). The molecule has 9 atom stereocenters. The van der Waals surface area contributed by atoms with Crippen LogP contribution in [0.3, 0.4) is 0 Å². The Morgan fingerprint density at radius 2 is 1.82 bits per heavy atom. The van der Waals surface area contributed by atoms with Crippen LogP contribution < -0.4 is 10.6 Å². The lowest BCUT2D eigenvalue weighted by Gasteiger charge is -2.65. The van der Waals surface area contributed by atoms with Crippen LogP contribution in [0.15, 0.2) is 11.6 Å². The summed E-state index contributed by atoms with van der Waals surface area (Å²) in [6, 6.07) is 0.0715. The van der Waals surface area contributed by atoms with E-state index in [1.165, 1.54) is 0 Å². The summed E-state index contributed by atoms with van der Waals surface area (Å²) in [5, 5.41) is 38.5. The lowest BCUT2D eigenvalue weighted by atomic mass is 9.42. The zero-order chi connectivity index (χ0) is 27.3. The van der Waals surface area contributed by atoms with Crippen molar-refractivity contribution in [1.29, 1.82) is 0 Å². The highest BCUT2D eigenvalue weighted by molar-refractivity contribution is 5.85. The standard InChI is InChI=1S/C29H44N2O7/c1-27-9-7-19(31-25(35)6-5-24(34)30-11-12-32)14-18(27)3-4-21-22(27)15-23(33)28(2)20(8-10-29(21,28)37)17-13-26(36)38-16-17/h13,18-23,32-33,37H,3-12,14-16H2,1-2H3,(H,30,34)(H,31,35)/t18-,19+,20-,21-,22+,23-,27+,28+,29+/m1/s1. The molecular formula is C29H44N2O7. The fourth-order valence-corrected chi connectivity index (χ4v) is 9.33. The maximum atomic E-state index is 12.5. The van der Waals surface area contributed by atoms with Crippen molar-refractivity contribution in [2.45, 2.75) is 95.8 Å². The average Bonchev–Trinajstić information content (AvgIpc) is 3.43. The molecule has 0 bridgehead atoms. The van der Waals surface area contributed by atoms with Crippen LogP contribution in [0.1, 0.15) is 78.1 Å². The Hall–Kier alpha value is -1.97. The second-order valence-electron chi connectivity index (χ2n) is 13.0. The molecule has 38 heavy (non-hydrogen) atoms. The van der Waals surface area contributed by atoms with Crippen LogP contribution >= 0.6 is 0 Å². The maximum absolute atomic E-state index is 12.5. The van der Waals surface area contributed by atoms with Gasteiger partial charge in [-0.25, -0.2) is 4.79 Å². The highest BCUT2D eigenvalue weighted by Crippen LogP contribution is 2.69. The van der Waals surface area contributed by atoms with Gasteiger partial charge in [0.25, 0.3) is 0 Å². The van der Waals surface area contributed by atoms with E-state index < -0.39 is 17.1 Å². The van der Waals surface area contributed by atoms with E-state index in [9.17, 15) is 24.6 Å². The number of aliphatic hydroxyl groups is 3. The number of esters is 1. The summed E-state index contributed by atoms with van der Waals surface area (Å²) in [7, 11) is 0. The van der Waals surface area contributed by atoms with Gasteiger partial charge in [0, 0.05) is 36.9 Å². The fraction of sp³-hybridized carbons (Fsp3) is 0.828. The molecule has 4 fully saturated rings. The Morgan fingerprint density at radius 3 is 2.53 bits per heavy atom. The maximum Gasteiger partial charge on any atom is 0.331 e. The number of aliphatic hydroxyl groups excluding tert-OH is 2. The first-order chi connectivity index (χ1) is 18.0. The molecule has 9 heteroatoms. The molecule has 4 aliphatic carbocycles. The number of amides is 2. The Morgan fingerprint density at radius 1 is 1.05 bits per heavy atom. The van der Waals surface area contributed by atoms with Gasteiger partial charge in [-0.1, -0.05) is 13.8 Å². The number of carbonyl (C=O) groups excluding carboxylic acids is 3. The smallest absolute Gasteiger partial charge is 0.331 e. The second-order valence-corrected chi connectivity index (χ2v) is 13.0. The molecule has 2 amide bonds. The van der Waals surface area contributed by atoms with Crippen LogP contribution in [-0.2, 0) is 19.1 Å². The fourth-order valence-electron chi connectivity index (χ4n) is 9.33. The van der Waals surface area contributed by atoms with E-state index >= 15 is 0 Å². The molecule has 0 aromatic rings. The van der Waals surface area contributed by atoms with Crippen molar-refractivity contribution in [2.24, 2.45) is 34.5 Å². The molecule has 5 N–H and O–H groups in total. The molecule has 9 nitrogen and oxygen atoms in total. The van der Waals surface area contributed by atoms with Gasteiger partial charge in [0.15, 0.2) is 0 Å². The van der Waals surface area contributed by atoms with Gasteiger partial charge < -0.3 is 30.7 Å². The molecule has 0 radical (unpaired) electrons. The van der Waals surface area contributed by atoms with E-state index in [2.05, 4.69) is 17.6 Å². The van der Waals surface area contributed by atoms with Crippen molar-refractivity contribution in [3.05, 3.63) is 11.6 Å². The third-order valence-electron chi connectivity index (χ3n) is 11.5. The minimum atomic E-state index is -0.984. The van der Waals surface area contributed by atoms with Crippen LogP contribution in [0.4, 0.5) is 0 Å². The third-order valence-corrected chi connectivity index (χ3v) is 11.5. The molecule has 0 saturated heterocycles. The van der Waals surface area contributed by atoms with Crippen molar-refractivity contribution in [3.63, 3.8) is 0 Å². The van der Waals surface area contributed by atoms with E-state index in [0.29, 0.717) is 18.8 Å². The Bertz CT molecular complexity index is 999. The van der Waals surface area contributed by atoms with Gasteiger partial charge in [-0.2, -0.15) is 0 Å². The van der Waals surface area contributed by atoms with Crippen molar-refractivity contribution in [2.75, 3.05) is 19.8 Å². The largest absolute Gasteiger partial charge is 0.458 e. The summed E-state index contributed by atoms with van der Waals surface area (Å²) in [5.41, 5.74) is -0.794. The zero-order valence-corrected chi connectivity index (χ0v) is 22.7. The molecule has 0 unspecified atom stereocenters. The van der Waals surface area contributed by atoms with Gasteiger partial charge in [0.1, 0.15) is 6.61 Å². The average molecular weight is 533 g/mol. The summed E-state index contributed by atoms with van der Waals surface area (Å²) >= 11 is 0. The summed E-state index contributed by atoms with van der Waals surface area (Å²) in [6.45, 7) is 4.69. The van der Waals surface area contributed by atoms with E-state index in [0.717, 1.165) is 44.1 Å². The summed E-state index contributed by atoms with van der Waals surface area (Å²) in [5.74, 6) is -0.0373. The van der Waals surface area contributed by atoms with Gasteiger partial charge in [-0.15, -0.1) is 0 Å². The SMILES string of the molecule is C[C@]12CC[C@H](NC(=O)CCC(=O)NCCO)C[C@H]1CC[C@@H]1[C@@H]2C[C@@H](O)[C@]2(C)[C@@H](C3=CC(=O)OC3)CC[C@]12O. The number of nitrogens with one attached hydrogen (secondary N) is 2. The van der Waals surface area contributed by atoms with Crippen molar-refractivity contribution in [3.8, 4) is 0 Å². The molecule has 1 heterocycles. The van der Waals surface area contributed by atoms with Crippen molar-refractivity contribution < 1.29 is 34.4 Å². The first-order valence-corrected chi connectivity index (χ1v) is 14.5. The van der Waals surface area contributed by atoms with Gasteiger partial charge in [-0.3, -0.25) is 9.59 Å². The number of fused-ring (bicyclic) bond motifs is 5. The van der Waals surface area contributed by atoms with Gasteiger partial charge >= 0.3 is 5.97 Å². The molecule has 212 valence electrons. The summed E-state index contributed by atoms with van der Waals surface area (Å²) < 4.78 is 5.19. The number of hydrogen-bond donors (Lipinski definition) is 5. The number of cyclic esters (lactones) is 1. The number of rotatable bonds is 7. The van der Waals surface area contributed by atoms with Crippen molar-refractivity contribution in [1.82, 2.24) is 10.6 Å². The number of carbonyl (C=O) groups is 3. The Balaban J connectivity index is 1.25. The minimum Gasteiger partial charge on any atom is -0.458 e. The number of hydrogen-bond acceptors (Lipinski definition) is 7. The molecule has 4 saturated carbocycles. The van der Waals surface area contributed by atoms with Crippen LogP contribution in [0.2, 0.25) is 0 Å². The Kier molecular flexibility index (Phi) is 7.41. The monoisotopic (exact) mass is 532 g/mol. The molecule has 0 aromatic carbocycles. The zero-order valence-electron chi connectivity index (χ0n) is 22.7. The molecular weight excluding hydrogens is 488 g/mol. The topological polar surface area (TPSA) is 145 Å². The van der Waals surface area contributed by atoms with E-state index in [-0.39, 0.29) is 79.6 Å². The highest BCUT2D eigenvalue weighted by atomic mass is 16.5. The van der Waals surface area contributed by atoms with E-state index in [1.54, 1.807) is 6.08 Å². The second kappa shape index (κ2) is 10.2. The minimum absolute atomic E-state index is 0.0177. The van der Waals surface area contributed by atoms with Crippen LogP contribution in [-0.4, -0.2) is 70.6 Å². The first kappa shape index (κ1) is 27.6. The van der Waals surface area contributed by atoms with Crippen LogP contribution in [0, 0.1) is 34.5 Å². The van der Waals surface area contributed by atoms with E-state index in [1.807, 2.05) is 6.92 Å². The summed E-state index contributed by atoms with van der Waals surface area (Å²) in [6.07, 6.45) is 7.70. The van der Waals surface area contributed by atoms with Gasteiger partial charge in [0.2, 0.25) is 11.8 Å². The third kappa shape index (κ3) is 4.38.